The lowest BCUT2D eigenvalue weighted by atomic mass is 9.96. The van der Waals surface area contributed by atoms with Crippen molar-refractivity contribution in [3.63, 3.8) is 0 Å². The van der Waals surface area contributed by atoms with Crippen LogP contribution in [0.5, 0.6) is 0 Å². The topological polar surface area (TPSA) is 91.0 Å². The number of likely N-dealkylation sites (tertiary alicyclic amines) is 1. The molecule has 2 aromatic heterocycles. The van der Waals surface area contributed by atoms with Crippen LogP contribution in [0.4, 0.5) is 5.82 Å². The first-order chi connectivity index (χ1) is 14.1. The summed E-state index contributed by atoms with van der Waals surface area (Å²) in [6.07, 6.45) is 4.51. The van der Waals surface area contributed by atoms with E-state index < -0.39 is 0 Å². The molecule has 1 fully saturated rings. The Morgan fingerprint density at radius 3 is 2.72 bits per heavy atom. The summed E-state index contributed by atoms with van der Waals surface area (Å²) >= 11 is 5.83. The third-order valence-corrected chi connectivity index (χ3v) is 5.21. The van der Waals surface area contributed by atoms with Gasteiger partial charge in [0.05, 0.1) is 28.4 Å². The third kappa shape index (κ3) is 4.30. The molecule has 1 atom stereocenters. The number of carbonyl (C=O) groups excluding carboxylic acids is 2. The molecule has 8 heteroatoms. The van der Waals surface area contributed by atoms with Crippen molar-refractivity contribution in [2.45, 2.75) is 12.8 Å². The minimum absolute atomic E-state index is 0.125. The van der Waals surface area contributed by atoms with Gasteiger partial charge < -0.3 is 10.2 Å². The van der Waals surface area contributed by atoms with Gasteiger partial charge in [-0.05, 0) is 25.0 Å². The molecule has 0 spiro atoms. The summed E-state index contributed by atoms with van der Waals surface area (Å²) in [5.74, 6) is -0.117. The second-order valence-corrected chi connectivity index (χ2v) is 7.40. The molecule has 2 N–H and O–H groups in total. The van der Waals surface area contributed by atoms with E-state index in [1.807, 2.05) is 30.3 Å². The van der Waals surface area contributed by atoms with Crippen LogP contribution >= 0.6 is 11.6 Å². The van der Waals surface area contributed by atoms with Crippen LogP contribution in [-0.2, 0) is 4.79 Å². The van der Waals surface area contributed by atoms with Crippen molar-refractivity contribution in [2.24, 2.45) is 5.92 Å². The van der Waals surface area contributed by atoms with E-state index in [1.54, 1.807) is 23.2 Å². The van der Waals surface area contributed by atoms with Crippen LogP contribution in [0, 0.1) is 5.92 Å². The molecular formula is C21H20ClN5O2. The second-order valence-electron chi connectivity index (χ2n) is 6.97. The van der Waals surface area contributed by atoms with Crippen molar-refractivity contribution in [3.8, 4) is 11.3 Å². The van der Waals surface area contributed by atoms with Crippen LogP contribution in [0.2, 0.25) is 5.02 Å². The van der Waals surface area contributed by atoms with Crippen molar-refractivity contribution in [2.75, 3.05) is 18.4 Å². The molecule has 29 heavy (non-hydrogen) atoms. The molecule has 1 unspecified atom stereocenters. The van der Waals surface area contributed by atoms with E-state index in [9.17, 15) is 9.59 Å². The highest BCUT2D eigenvalue weighted by Crippen LogP contribution is 2.25. The highest BCUT2D eigenvalue weighted by molar-refractivity contribution is 6.30. The molecule has 1 aliphatic heterocycles. The predicted octanol–water partition coefficient (Wildman–Crippen LogP) is 3.62. The summed E-state index contributed by atoms with van der Waals surface area (Å²) in [6, 6.07) is 12.9. The zero-order valence-electron chi connectivity index (χ0n) is 15.6. The van der Waals surface area contributed by atoms with E-state index >= 15 is 0 Å². The number of aromatic amines is 1. The number of rotatable bonds is 4. The quantitative estimate of drug-likeness (QED) is 0.688. The smallest absolute Gasteiger partial charge is 0.257 e. The Hall–Kier alpha value is -3.19. The highest BCUT2D eigenvalue weighted by Gasteiger charge is 2.30. The fourth-order valence-corrected chi connectivity index (χ4v) is 3.61. The van der Waals surface area contributed by atoms with Gasteiger partial charge in [-0.25, -0.2) is 4.98 Å². The lowest BCUT2D eigenvalue weighted by Crippen LogP contribution is -2.43. The molecule has 3 heterocycles. The number of halogens is 1. The number of nitrogens with zero attached hydrogens (tertiary/aromatic N) is 3. The average Bonchev–Trinajstić information content (AvgIpc) is 3.25. The number of aromatic nitrogens is 3. The summed E-state index contributed by atoms with van der Waals surface area (Å²) in [5.41, 5.74) is 2.10. The minimum Gasteiger partial charge on any atom is -0.338 e. The van der Waals surface area contributed by atoms with E-state index in [0.717, 1.165) is 18.4 Å². The Labute approximate surface area is 173 Å². The molecule has 0 saturated carbocycles. The first-order valence-electron chi connectivity index (χ1n) is 9.42. The number of hydrogen-bond acceptors (Lipinski definition) is 4. The molecular weight excluding hydrogens is 390 g/mol. The lowest BCUT2D eigenvalue weighted by molar-refractivity contribution is -0.121. The molecule has 0 aliphatic carbocycles. The van der Waals surface area contributed by atoms with Gasteiger partial charge in [0.1, 0.15) is 5.82 Å². The number of nitrogens with one attached hydrogen (secondary N) is 2. The zero-order valence-corrected chi connectivity index (χ0v) is 16.4. The van der Waals surface area contributed by atoms with Crippen molar-refractivity contribution in [3.05, 3.63) is 65.4 Å². The maximum Gasteiger partial charge on any atom is 0.257 e. The van der Waals surface area contributed by atoms with Gasteiger partial charge in [0, 0.05) is 24.8 Å². The molecule has 1 aromatic carbocycles. The van der Waals surface area contributed by atoms with Crippen LogP contribution in [0.1, 0.15) is 23.2 Å². The van der Waals surface area contributed by atoms with Gasteiger partial charge in [0.2, 0.25) is 5.91 Å². The molecule has 1 aliphatic rings. The maximum absolute atomic E-state index is 13.1. The summed E-state index contributed by atoms with van der Waals surface area (Å²) in [4.78, 5) is 31.6. The number of H-pyrrole nitrogens is 1. The SMILES string of the molecule is O=C(Nc1ccc(Cl)cn1)C1CCCN(C(=O)c2cn[nH]c2-c2ccccc2)C1. The molecule has 3 aromatic rings. The standard InChI is InChI=1S/C21H20ClN5O2/c22-16-8-9-18(23-11-16)25-20(28)15-7-4-10-27(13-15)21(29)17-12-24-26-19(17)14-5-2-1-3-6-14/h1-3,5-6,8-9,11-12,15H,4,7,10,13H2,(H,24,26)(H,23,25,28). The Morgan fingerprint density at radius 1 is 1.14 bits per heavy atom. The third-order valence-electron chi connectivity index (χ3n) is 4.99. The van der Waals surface area contributed by atoms with Gasteiger partial charge in [-0.2, -0.15) is 5.10 Å². The zero-order chi connectivity index (χ0) is 20.2. The number of pyridine rings is 1. The van der Waals surface area contributed by atoms with Crippen molar-refractivity contribution in [1.82, 2.24) is 20.1 Å². The maximum atomic E-state index is 13.1. The van der Waals surface area contributed by atoms with Crippen LogP contribution in [-0.4, -0.2) is 45.0 Å². The Morgan fingerprint density at radius 2 is 1.97 bits per heavy atom. The normalized spacial score (nSPS) is 16.4. The van der Waals surface area contributed by atoms with Crippen LogP contribution in [0.25, 0.3) is 11.3 Å². The van der Waals surface area contributed by atoms with Gasteiger partial charge in [0.25, 0.3) is 5.91 Å². The largest absolute Gasteiger partial charge is 0.338 e. The minimum atomic E-state index is -0.294. The molecule has 0 radical (unpaired) electrons. The highest BCUT2D eigenvalue weighted by atomic mass is 35.5. The van der Waals surface area contributed by atoms with Crippen LogP contribution in [0.3, 0.4) is 0 Å². The second kappa shape index (κ2) is 8.45. The van der Waals surface area contributed by atoms with E-state index in [1.165, 1.54) is 6.20 Å². The van der Waals surface area contributed by atoms with Crippen LogP contribution < -0.4 is 5.32 Å². The number of anilines is 1. The lowest BCUT2D eigenvalue weighted by Gasteiger charge is -2.32. The Kier molecular flexibility index (Phi) is 5.57. The van der Waals surface area contributed by atoms with Crippen molar-refractivity contribution >= 4 is 29.2 Å². The van der Waals surface area contributed by atoms with Gasteiger partial charge in [-0.1, -0.05) is 41.9 Å². The first-order valence-corrected chi connectivity index (χ1v) is 9.80. The van der Waals surface area contributed by atoms with Crippen LogP contribution in [0.15, 0.2) is 54.9 Å². The van der Waals surface area contributed by atoms with E-state index in [-0.39, 0.29) is 17.7 Å². The monoisotopic (exact) mass is 409 g/mol. The Balaban J connectivity index is 1.46. The summed E-state index contributed by atoms with van der Waals surface area (Å²) < 4.78 is 0. The van der Waals surface area contributed by atoms with Gasteiger partial charge in [-0.3, -0.25) is 14.7 Å². The van der Waals surface area contributed by atoms with Crippen molar-refractivity contribution < 1.29 is 9.59 Å². The first kappa shape index (κ1) is 19.1. The summed E-state index contributed by atoms with van der Waals surface area (Å²) in [6.45, 7) is 0.971. The molecule has 4 rings (SSSR count). The van der Waals surface area contributed by atoms with E-state index in [4.69, 9.17) is 11.6 Å². The van der Waals surface area contributed by atoms with Gasteiger partial charge in [-0.15, -0.1) is 0 Å². The van der Waals surface area contributed by atoms with Crippen molar-refractivity contribution in [1.29, 1.82) is 0 Å². The molecule has 0 bridgehead atoms. The van der Waals surface area contributed by atoms with Gasteiger partial charge in [0.15, 0.2) is 0 Å². The fourth-order valence-electron chi connectivity index (χ4n) is 3.50. The summed E-state index contributed by atoms with van der Waals surface area (Å²) in [7, 11) is 0. The molecule has 148 valence electrons. The number of piperidine rings is 1. The Bertz CT molecular complexity index is 1000. The number of benzene rings is 1. The van der Waals surface area contributed by atoms with E-state index in [0.29, 0.717) is 35.2 Å². The summed E-state index contributed by atoms with van der Waals surface area (Å²) in [5, 5.41) is 10.3. The number of amides is 2. The predicted molar refractivity (Wildman–Crippen MR) is 111 cm³/mol. The average molecular weight is 410 g/mol. The molecule has 1 saturated heterocycles. The van der Waals surface area contributed by atoms with E-state index in [2.05, 4.69) is 20.5 Å². The molecule has 2 amide bonds. The molecule has 7 nitrogen and oxygen atoms in total. The van der Waals surface area contributed by atoms with Gasteiger partial charge >= 0.3 is 0 Å². The number of carbonyl (C=O) groups is 2. The number of hydrogen-bond donors (Lipinski definition) is 2. The fraction of sp³-hybridized carbons (Fsp3) is 0.238.